The fourth-order valence-electron chi connectivity index (χ4n) is 3.62. The summed E-state index contributed by atoms with van der Waals surface area (Å²) in [6.07, 6.45) is 0. The highest BCUT2D eigenvalue weighted by Gasteiger charge is 2.47. The van der Waals surface area contributed by atoms with Gasteiger partial charge in [0, 0.05) is 0 Å². The van der Waals surface area contributed by atoms with Gasteiger partial charge in [-0.25, -0.2) is 9.98 Å². The van der Waals surface area contributed by atoms with Crippen molar-refractivity contribution in [1.29, 1.82) is 0 Å². The van der Waals surface area contributed by atoms with Crippen LogP contribution in [0.25, 0.3) is 0 Å². The molecule has 2 aliphatic heterocycles. The Morgan fingerprint density at radius 1 is 0.704 bits per heavy atom. The molecule has 0 amide bonds. The number of rotatable bonds is 4. The van der Waals surface area contributed by atoms with Gasteiger partial charge in [-0.2, -0.15) is 0 Å². The maximum atomic E-state index is 6.06. The molecular weight excluding hydrogens is 336 g/mol. The van der Waals surface area contributed by atoms with Crippen molar-refractivity contribution in [1.82, 2.24) is 0 Å². The van der Waals surface area contributed by atoms with Crippen molar-refractivity contribution in [2.24, 2.45) is 15.4 Å². The van der Waals surface area contributed by atoms with Crippen molar-refractivity contribution in [3.8, 4) is 0 Å². The first-order valence-corrected chi connectivity index (χ1v) is 9.41. The van der Waals surface area contributed by atoms with Gasteiger partial charge < -0.3 is 9.47 Å². The van der Waals surface area contributed by atoms with Crippen molar-refractivity contribution in [2.75, 3.05) is 13.2 Å². The van der Waals surface area contributed by atoms with E-state index in [-0.39, 0.29) is 11.1 Å². The van der Waals surface area contributed by atoms with E-state index in [1.54, 1.807) is 0 Å². The van der Waals surface area contributed by atoms with Crippen LogP contribution in [0.4, 0.5) is 0 Å². The van der Waals surface area contributed by atoms with Crippen LogP contribution >= 0.6 is 0 Å². The Kier molecular flexibility index (Phi) is 4.10. The topological polar surface area (TPSA) is 43.2 Å². The average Bonchev–Trinajstić information content (AvgIpc) is 3.29. The highest BCUT2D eigenvalue weighted by molar-refractivity contribution is 6.05. The third kappa shape index (κ3) is 3.03. The first-order valence-electron chi connectivity index (χ1n) is 9.41. The Morgan fingerprint density at radius 2 is 1.07 bits per heavy atom. The number of aliphatic imine (C=N–C) groups is 2. The van der Waals surface area contributed by atoms with Gasteiger partial charge in [-0.05, 0) is 38.8 Å². The Morgan fingerprint density at radius 3 is 1.44 bits per heavy atom. The second kappa shape index (κ2) is 6.22. The summed E-state index contributed by atoms with van der Waals surface area (Å²) in [6, 6.07) is 20.6. The lowest BCUT2D eigenvalue weighted by Gasteiger charge is -2.22. The second-order valence-electron chi connectivity index (χ2n) is 8.32. The van der Waals surface area contributed by atoms with E-state index in [0.29, 0.717) is 25.0 Å². The van der Waals surface area contributed by atoms with E-state index in [2.05, 4.69) is 52.0 Å². The predicted molar refractivity (Wildman–Crippen MR) is 108 cm³/mol. The Labute approximate surface area is 161 Å². The van der Waals surface area contributed by atoms with Gasteiger partial charge >= 0.3 is 0 Å². The molecule has 0 radical (unpaired) electrons. The third-order valence-electron chi connectivity index (χ3n) is 5.54. The third-order valence-corrected chi connectivity index (χ3v) is 5.54. The Bertz CT molecular complexity index is 816. The number of nitrogens with zero attached hydrogens (tertiary/aromatic N) is 2. The largest absolute Gasteiger partial charge is 0.477 e. The summed E-state index contributed by atoms with van der Waals surface area (Å²) in [5.74, 6) is 1.37. The Hall–Kier alpha value is -2.62. The summed E-state index contributed by atoms with van der Waals surface area (Å²) in [4.78, 5) is 9.92. The van der Waals surface area contributed by atoms with Crippen molar-refractivity contribution in [3.05, 3.63) is 71.8 Å². The van der Waals surface area contributed by atoms with E-state index in [0.717, 1.165) is 11.1 Å². The summed E-state index contributed by atoms with van der Waals surface area (Å²) < 4.78 is 12.1. The molecule has 0 unspecified atom stereocenters. The molecule has 0 aliphatic carbocycles. The SMILES string of the molecule is CC(C)(C1=N[C@](C)(c2ccccc2)CO1)C1=N[C@](C)(c2ccccc2)CO1. The zero-order valence-corrected chi connectivity index (χ0v) is 16.4. The monoisotopic (exact) mass is 362 g/mol. The molecule has 2 aromatic rings. The van der Waals surface area contributed by atoms with E-state index in [4.69, 9.17) is 19.5 Å². The van der Waals surface area contributed by atoms with Crippen LogP contribution in [-0.4, -0.2) is 25.0 Å². The van der Waals surface area contributed by atoms with Crippen molar-refractivity contribution >= 4 is 11.8 Å². The number of ether oxygens (including phenoxy) is 2. The highest BCUT2D eigenvalue weighted by atomic mass is 16.5. The molecule has 0 N–H and O–H groups in total. The highest BCUT2D eigenvalue weighted by Crippen LogP contribution is 2.39. The molecule has 0 bridgehead atoms. The van der Waals surface area contributed by atoms with Gasteiger partial charge in [0.1, 0.15) is 29.7 Å². The van der Waals surface area contributed by atoms with Gasteiger partial charge in [0.15, 0.2) is 11.8 Å². The molecule has 0 spiro atoms. The van der Waals surface area contributed by atoms with Crippen LogP contribution in [0.15, 0.2) is 70.6 Å². The lowest BCUT2D eigenvalue weighted by Crippen LogP contribution is -2.34. The van der Waals surface area contributed by atoms with Crippen LogP contribution in [0.2, 0.25) is 0 Å². The van der Waals surface area contributed by atoms with Gasteiger partial charge in [-0.1, -0.05) is 60.7 Å². The molecule has 2 aromatic carbocycles. The fourth-order valence-corrected chi connectivity index (χ4v) is 3.62. The minimum atomic E-state index is -0.515. The summed E-state index contributed by atoms with van der Waals surface area (Å²) in [5.41, 5.74) is 1.03. The maximum Gasteiger partial charge on any atom is 0.199 e. The molecule has 2 aliphatic rings. The molecule has 4 rings (SSSR count). The smallest absolute Gasteiger partial charge is 0.199 e. The molecule has 4 heteroatoms. The molecule has 140 valence electrons. The lowest BCUT2D eigenvalue weighted by atomic mass is 9.91. The first-order chi connectivity index (χ1) is 12.8. The van der Waals surface area contributed by atoms with E-state index >= 15 is 0 Å². The molecule has 2 heterocycles. The maximum absolute atomic E-state index is 6.06. The number of benzene rings is 2. The van der Waals surface area contributed by atoms with Gasteiger partial charge in [-0.3, -0.25) is 0 Å². The number of hydrogen-bond donors (Lipinski definition) is 0. The van der Waals surface area contributed by atoms with Crippen LogP contribution in [0.3, 0.4) is 0 Å². The molecule has 0 saturated heterocycles. The van der Waals surface area contributed by atoms with Crippen molar-refractivity contribution < 1.29 is 9.47 Å². The summed E-state index contributed by atoms with van der Waals surface area (Å²) in [5, 5.41) is 0. The fraction of sp³-hybridized carbons (Fsp3) is 0.391. The molecule has 0 aromatic heterocycles. The van der Waals surface area contributed by atoms with E-state index in [9.17, 15) is 0 Å². The molecule has 2 atom stereocenters. The first kappa shape index (κ1) is 17.8. The summed E-state index contributed by atoms with van der Waals surface area (Å²) in [6.45, 7) is 9.40. The van der Waals surface area contributed by atoms with E-state index in [1.165, 1.54) is 0 Å². The second-order valence-corrected chi connectivity index (χ2v) is 8.32. The molecule has 4 nitrogen and oxygen atoms in total. The zero-order valence-electron chi connectivity index (χ0n) is 16.4. The normalized spacial score (nSPS) is 27.6. The molecule has 27 heavy (non-hydrogen) atoms. The van der Waals surface area contributed by atoms with Crippen molar-refractivity contribution in [2.45, 2.75) is 38.8 Å². The number of hydrogen-bond acceptors (Lipinski definition) is 4. The molecule has 0 fully saturated rings. The van der Waals surface area contributed by atoms with Crippen molar-refractivity contribution in [3.63, 3.8) is 0 Å². The quantitative estimate of drug-likeness (QED) is 0.791. The van der Waals surface area contributed by atoms with E-state index in [1.807, 2.05) is 36.4 Å². The van der Waals surface area contributed by atoms with Gasteiger partial charge in [0.25, 0.3) is 0 Å². The lowest BCUT2D eigenvalue weighted by molar-refractivity contribution is 0.232. The van der Waals surface area contributed by atoms with Crippen LogP contribution in [0.5, 0.6) is 0 Å². The minimum Gasteiger partial charge on any atom is -0.477 e. The minimum absolute atomic E-state index is 0.379. The average molecular weight is 362 g/mol. The summed E-state index contributed by atoms with van der Waals surface area (Å²) in [7, 11) is 0. The van der Waals surface area contributed by atoms with Crippen LogP contribution in [-0.2, 0) is 20.6 Å². The van der Waals surface area contributed by atoms with Crippen LogP contribution in [0.1, 0.15) is 38.8 Å². The predicted octanol–water partition coefficient (Wildman–Crippen LogP) is 4.70. The van der Waals surface area contributed by atoms with Gasteiger partial charge in [0.2, 0.25) is 0 Å². The van der Waals surface area contributed by atoms with Crippen LogP contribution in [0, 0.1) is 5.41 Å². The van der Waals surface area contributed by atoms with Crippen LogP contribution < -0.4 is 0 Å². The molecular formula is C23H26N2O2. The standard InChI is InChI=1S/C23H26N2O2/c1-21(2,19-24-22(3,15-26-19)17-11-7-5-8-12-17)20-25-23(4,16-27-20)18-13-9-6-10-14-18/h5-14H,15-16H2,1-4H3/t22-,23-/m0/s1. The zero-order chi connectivity index (χ0) is 19.1. The Balaban J connectivity index is 1.64. The van der Waals surface area contributed by atoms with Gasteiger partial charge in [0.05, 0.1) is 0 Å². The van der Waals surface area contributed by atoms with Gasteiger partial charge in [-0.15, -0.1) is 0 Å². The van der Waals surface area contributed by atoms with E-state index < -0.39 is 5.41 Å². The molecule has 0 saturated carbocycles. The summed E-state index contributed by atoms with van der Waals surface area (Å²) >= 11 is 0.